The number of halogens is 2. The number of rotatable bonds is 8. The minimum atomic E-state index is -1.03. The summed E-state index contributed by atoms with van der Waals surface area (Å²) in [5, 5.41) is 11.3. The van der Waals surface area contributed by atoms with Crippen molar-refractivity contribution in [3.63, 3.8) is 0 Å². The molecule has 16 heteroatoms. The fourth-order valence-electron chi connectivity index (χ4n) is 5.54. The first-order valence-electron chi connectivity index (χ1n) is 14.8. The summed E-state index contributed by atoms with van der Waals surface area (Å²) < 4.78 is 34.1. The number of imidazole rings is 2. The number of pyridine rings is 4. The maximum atomic E-state index is 15.4. The summed E-state index contributed by atoms with van der Waals surface area (Å²) in [6.45, 7) is -0.0621. The number of aromatic nitrogens is 12. The summed E-state index contributed by atoms with van der Waals surface area (Å²) in [5.74, 6) is 0.00837. The number of hydrogen-bond donors (Lipinski definition) is 4. The smallest absolute Gasteiger partial charge is 0.178 e. The monoisotopic (exact) mass is 644 g/mol. The molecule has 0 amide bonds. The van der Waals surface area contributed by atoms with Crippen molar-refractivity contribution >= 4 is 22.3 Å². The predicted molar refractivity (Wildman–Crippen MR) is 172 cm³/mol. The number of H-pyrrole nitrogens is 2. The Balaban J connectivity index is 0.994. The second-order valence-electron chi connectivity index (χ2n) is 11.2. The molecule has 8 aromatic heterocycles. The summed E-state index contributed by atoms with van der Waals surface area (Å²) in [6.07, 6.45) is 12.3. The van der Waals surface area contributed by atoms with Gasteiger partial charge in [0.25, 0.3) is 0 Å². The van der Waals surface area contributed by atoms with Gasteiger partial charge in [0, 0.05) is 80.1 Å². The molecule has 0 aromatic carbocycles. The normalized spacial score (nSPS) is 12.4. The molecule has 0 aliphatic rings. The third kappa shape index (κ3) is 5.23. The molecule has 0 saturated heterocycles. The van der Waals surface area contributed by atoms with E-state index in [4.69, 9.17) is 5.73 Å². The molecule has 0 aliphatic carbocycles. The maximum Gasteiger partial charge on any atom is 0.178 e. The van der Waals surface area contributed by atoms with Gasteiger partial charge in [-0.3, -0.25) is 24.6 Å². The Kier molecular flexibility index (Phi) is 7.00. The van der Waals surface area contributed by atoms with Gasteiger partial charge in [0.05, 0.1) is 40.2 Å². The van der Waals surface area contributed by atoms with Crippen molar-refractivity contribution in [2.75, 3.05) is 0 Å². The fraction of sp³-hybridized carbons (Fsp3) is 0.125. The van der Waals surface area contributed by atoms with E-state index in [1.807, 2.05) is 26.5 Å². The highest BCUT2D eigenvalue weighted by Crippen LogP contribution is 2.31. The quantitative estimate of drug-likeness (QED) is 0.175. The van der Waals surface area contributed by atoms with Crippen molar-refractivity contribution in [3.8, 4) is 45.0 Å². The van der Waals surface area contributed by atoms with Crippen molar-refractivity contribution in [1.29, 1.82) is 0 Å². The zero-order valence-corrected chi connectivity index (χ0v) is 25.5. The summed E-state index contributed by atoms with van der Waals surface area (Å²) in [4.78, 5) is 32.9. The lowest BCUT2D eigenvalue weighted by Gasteiger charge is -2.15. The molecule has 0 fully saturated rings. The Hall–Kier alpha value is -6.26. The van der Waals surface area contributed by atoms with Gasteiger partial charge < -0.3 is 15.7 Å². The highest BCUT2D eigenvalue weighted by atomic mass is 19.1. The average Bonchev–Trinajstić information content (AvgIpc) is 3.89. The number of nitrogens with one attached hydrogen (secondary N) is 3. The zero-order valence-electron chi connectivity index (χ0n) is 25.5. The molecule has 1 unspecified atom stereocenters. The van der Waals surface area contributed by atoms with Crippen LogP contribution in [0.2, 0.25) is 0 Å². The van der Waals surface area contributed by atoms with Crippen LogP contribution in [-0.2, 0) is 20.6 Å². The van der Waals surface area contributed by atoms with Crippen LogP contribution in [0.1, 0.15) is 17.6 Å². The second-order valence-corrected chi connectivity index (χ2v) is 11.2. The molecule has 0 aliphatic heterocycles. The molecule has 0 radical (unpaired) electrons. The zero-order chi connectivity index (χ0) is 32.9. The second kappa shape index (κ2) is 11.5. The average molecular weight is 645 g/mol. The topological polar surface area (TPSA) is 183 Å². The molecule has 8 heterocycles. The van der Waals surface area contributed by atoms with Crippen LogP contribution in [0.4, 0.5) is 8.78 Å². The Bertz CT molecular complexity index is 2460. The van der Waals surface area contributed by atoms with Crippen LogP contribution in [0.15, 0.2) is 73.8 Å². The number of hydrogen-bond acceptors (Lipinski definition) is 10. The van der Waals surface area contributed by atoms with Crippen LogP contribution < -0.4 is 11.1 Å². The lowest BCUT2D eigenvalue weighted by Crippen LogP contribution is -2.30. The van der Waals surface area contributed by atoms with Crippen LogP contribution in [0.3, 0.4) is 0 Å². The molecule has 1 atom stereocenters. The van der Waals surface area contributed by atoms with Gasteiger partial charge in [0.1, 0.15) is 35.1 Å². The van der Waals surface area contributed by atoms with Crippen LogP contribution in [0.25, 0.3) is 67.4 Å². The first kappa shape index (κ1) is 29.2. The summed E-state index contributed by atoms with van der Waals surface area (Å²) in [5.41, 5.74) is 12.6. The van der Waals surface area contributed by atoms with Gasteiger partial charge in [0.2, 0.25) is 0 Å². The van der Waals surface area contributed by atoms with E-state index in [0.717, 1.165) is 11.1 Å². The van der Waals surface area contributed by atoms with E-state index in [-0.39, 0.29) is 17.9 Å². The largest absolute Gasteiger partial charge is 0.336 e. The summed E-state index contributed by atoms with van der Waals surface area (Å²) in [7, 11) is 3.63. The van der Waals surface area contributed by atoms with E-state index >= 15 is 8.78 Å². The lowest BCUT2D eigenvalue weighted by molar-refractivity contribution is 0.483. The first-order chi connectivity index (χ1) is 23.3. The first-order valence-corrected chi connectivity index (χ1v) is 14.8. The molecular weight excluding hydrogens is 618 g/mol. The van der Waals surface area contributed by atoms with Gasteiger partial charge in [-0.05, 0) is 24.3 Å². The van der Waals surface area contributed by atoms with Crippen molar-refractivity contribution in [2.24, 2.45) is 19.8 Å². The van der Waals surface area contributed by atoms with Gasteiger partial charge in [-0.15, -0.1) is 0 Å². The molecule has 5 N–H and O–H groups in total. The van der Waals surface area contributed by atoms with E-state index in [0.29, 0.717) is 56.2 Å². The standard InChI is InChI=1S/C32H26F2N14/c1-47-14-18(11-41-47)29-43-25-20(3-5-36-31(25)45-29)16-7-22(33)24(38-9-16)13-40-28(35)27-23(34)8-17(10-39-27)21-4-6-37-32-26(21)44-30(46-32)19-12-42-48(2)15-19/h3-12,14-15,28,40H,13,35H2,1-2H3,(H,36,43,45)(H,37,44,46). The fourth-order valence-corrected chi connectivity index (χ4v) is 5.54. The molecule has 8 rings (SSSR count). The SMILES string of the molecule is Cn1cc(-c2nc3nccc(-c4cnc(CNC(N)c5ncc(-c6ccnc7nc(-c8cnn(C)c8)[nH]c67)cc5F)c(F)c4)c3[nH]2)cn1. The highest BCUT2D eigenvalue weighted by Gasteiger charge is 2.19. The molecule has 8 aromatic rings. The Morgan fingerprint density at radius 3 is 1.77 bits per heavy atom. The molecule has 0 spiro atoms. The lowest BCUT2D eigenvalue weighted by atomic mass is 10.1. The van der Waals surface area contributed by atoms with Gasteiger partial charge in [0.15, 0.2) is 11.3 Å². The number of nitrogens with two attached hydrogens (primary N) is 1. The predicted octanol–water partition coefficient (Wildman–Crippen LogP) is 4.18. The van der Waals surface area contributed by atoms with Crippen molar-refractivity contribution in [1.82, 2.24) is 64.7 Å². The minimum Gasteiger partial charge on any atom is -0.336 e. The molecule has 14 nitrogen and oxygen atoms in total. The van der Waals surface area contributed by atoms with Crippen LogP contribution >= 0.6 is 0 Å². The van der Waals surface area contributed by atoms with Crippen molar-refractivity contribution < 1.29 is 8.78 Å². The van der Waals surface area contributed by atoms with Crippen molar-refractivity contribution in [3.05, 3.63) is 96.9 Å². The molecule has 48 heavy (non-hydrogen) atoms. The Labute approximate surface area is 270 Å². The Morgan fingerprint density at radius 1 is 0.729 bits per heavy atom. The number of aromatic amines is 2. The molecule has 0 bridgehead atoms. The summed E-state index contributed by atoms with van der Waals surface area (Å²) >= 11 is 0. The molecular formula is C32H26F2N14. The van der Waals surface area contributed by atoms with Gasteiger partial charge in [-0.1, -0.05) is 0 Å². The van der Waals surface area contributed by atoms with Crippen LogP contribution in [0, 0.1) is 11.6 Å². The van der Waals surface area contributed by atoms with E-state index in [1.165, 1.54) is 18.3 Å². The Morgan fingerprint density at radius 2 is 1.27 bits per heavy atom. The third-order valence-electron chi connectivity index (χ3n) is 7.93. The van der Waals surface area contributed by atoms with Gasteiger partial charge in [-0.2, -0.15) is 10.2 Å². The van der Waals surface area contributed by atoms with Crippen molar-refractivity contribution in [2.45, 2.75) is 12.7 Å². The molecule has 238 valence electrons. The van der Waals surface area contributed by atoms with E-state index in [2.05, 4.69) is 55.4 Å². The van der Waals surface area contributed by atoms with Gasteiger partial charge >= 0.3 is 0 Å². The maximum absolute atomic E-state index is 15.4. The van der Waals surface area contributed by atoms with E-state index in [9.17, 15) is 0 Å². The number of nitrogens with zero attached hydrogens (tertiary/aromatic N) is 10. The van der Waals surface area contributed by atoms with Crippen LogP contribution in [0.5, 0.6) is 0 Å². The number of fused-ring (bicyclic) bond motifs is 2. The van der Waals surface area contributed by atoms with Crippen LogP contribution in [-0.4, -0.2) is 59.4 Å². The van der Waals surface area contributed by atoms with E-state index in [1.54, 1.807) is 52.5 Å². The third-order valence-corrected chi connectivity index (χ3v) is 7.93. The van der Waals surface area contributed by atoms with E-state index < -0.39 is 17.8 Å². The minimum absolute atomic E-state index is 0.0235. The number of aryl methyl sites for hydroxylation is 2. The van der Waals surface area contributed by atoms with Gasteiger partial charge in [-0.25, -0.2) is 28.7 Å². The molecule has 0 saturated carbocycles. The highest BCUT2D eigenvalue weighted by molar-refractivity contribution is 5.92. The summed E-state index contributed by atoms with van der Waals surface area (Å²) in [6, 6.07) is 6.25.